The average molecular weight is 370 g/mol. The summed E-state index contributed by atoms with van der Waals surface area (Å²) in [5, 5.41) is 3.02. The highest BCUT2D eigenvalue weighted by Gasteiger charge is 2.25. The van der Waals surface area contributed by atoms with Gasteiger partial charge in [-0.15, -0.1) is 0 Å². The molecule has 1 heterocycles. The first-order chi connectivity index (χ1) is 13.1. The fourth-order valence-corrected chi connectivity index (χ4v) is 3.24. The second kappa shape index (κ2) is 8.66. The second-order valence-electron chi connectivity index (χ2n) is 6.64. The number of hydrogen-bond donors (Lipinski definition) is 1. The number of carbonyl (C=O) groups is 2. The van der Waals surface area contributed by atoms with Crippen LogP contribution >= 0.6 is 0 Å². The maximum atomic E-state index is 13.8. The Labute approximate surface area is 158 Å². The minimum Gasteiger partial charge on any atom is -0.497 e. The van der Waals surface area contributed by atoms with Crippen molar-refractivity contribution in [2.45, 2.75) is 25.3 Å². The molecule has 0 atom stereocenters. The normalized spacial score (nSPS) is 14.7. The SMILES string of the molecule is COc1ccc(CC(=O)NC2CCN(C(=O)c3ccccc3F)CC2)cc1. The lowest BCUT2D eigenvalue weighted by atomic mass is 10.0. The number of nitrogens with zero attached hydrogens (tertiary/aromatic N) is 1. The van der Waals surface area contributed by atoms with Crippen LogP contribution in [-0.2, 0) is 11.2 Å². The van der Waals surface area contributed by atoms with Gasteiger partial charge in [0, 0.05) is 19.1 Å². The first-order valence-electron chi connectivity index (χ1n) is 9.03. The Balaban J connectivity index is 1.48. The lowest BCUT2D eigenvalue weighted by molar-refractivity contribution is -0.121. The summed E-state index contributed by atoms with van der Waals surface area (Å²) in [5.41, 5.74) is 1.01. The minimum absolute atomic E-state index is 0.0282. The maximum absolute atomic E-state index is 13.8. The van der Waals surface area contributed by atoms with Gasteiger partial charge in [0.2, 0.25) is 5.91 Å². The van der Waals surface area contributed by atoms with E-state index in [4.69, 9.17) is 4.74 Å². The Morgan fingerprint density at radius 3 is 2.41 bits per heavy atom. The molecule has 142 valence electrons. The average Bonchev–Trinajstić information content (AvgIpc) is 2.69. The summed E-state index contributed by atoms with van der Waals surface area (Å²) in [6.45, 7) is 1.00. The Kier molecular flexibility index (Phi) is 6.06. The van der Waals surface area contributed by atoms with Gasteiger partial charge in [-0.05, 0) is 42.7 Å². The molecule has 0 spiro atoms. The van der Waals surface area contributed by atoms with E-state index in [1.54, 1.807) is 24.1 Å². The monoisotopic (exact) mass is 370 g/mol. The Bertz CT molecular complexity index is 799. The fraction of sp³-hybridized carbons (Fsp3) is 0.333. The van der Waals surface area contributed by atoms with Crippen molar-refractivity contribution in [2.24, 2.45) is 0 Å². The number of hydrogen-bond acceptors (Lipinski definition) is 3. The number of piperidine rings is 1. The molecule has 0 unspecified atom stereocenters. The van der Waals surface area contributed by atoms with Crippen LogP contribution in [0, 0.1) is 5.82 Å². The highest BCUT2D eigenvalue weighted by Crippen LogP contribution is 2.17. The molecule has 0 saturated carbocycles. The van der Waals surface area contributed by atoms with Crippen molar-refractivity contribution in [3.05, 3.63) is 65.5 Å². The van der Waals surface area contributed by atoms with Gasteiger partial charge in [-0.25, -0.2) is 4.39 Å². The summed E-state index contributed by atoms with van der Waals surface area (Å²) in [6, 6.07) is 13.4. The third-order valence-corrected chi connectivity index (χ3v) is 4.78. The summed E-state index contributed by atoms with van der Waals surface area (Å²) in [6.07, 6.45) is 1.63. The van der Waals surface area contributed by atoms with Gasteiger partial charge < -0.3 is 15.0 Å². The van der Waals surface area contributed by atoms with E-state index in [9.17, 15) is 14.0 Å². The molecule has 0 radical (unpaired) electrons. The number of benzene rings is 2. The molecule has 0 bridgehead atoms. The molecule has 2 aromatic carbocycles. The molecule has 1 aliphatic heterocycles. The summed E-state index contributed by atoms with van der Waals surface area (Å²) >= 11 is 0. The highest BCUT2D eigenvalue weighted by atomic mass is 19.1. The third kappa shape index (κ3) is 4.84. The van der Waals surface area contributed by atoms with Crippen LogP contribution in [0.15, 0.2) is 48.5 Å². The van der Waals surface area contributed by atoms with Crippen molar-refractivity contribution in [2.75, 3.05) is 20.2 Å². The van der Waals surface area contributed by atoms with Crippen LogP contribution in [0.1, 0.15) is 28.8 Å². The quantitative estimate of drug-likeness (QED) is 0.881. The highest BCUT2D eigenvalue weighted by molar-refractivity contribution is 5.94. The lowest BCUT2D eigenvalue weighted by Crippen LogP contribution is -2.47. The van der Waals surface area contributed by atoms with Gasteiger partial charge >= 0.3 is 0 Å². The van der Waals surface area contributed by atoms with Gasteiger partial charge in [0.25, 0.3) is 5.91 Å². The molecule has 6 heteroatoms. The van der Waals surface area contributed by atoms with E-state index in [1.807, 2.05) is 24.3 Å². The van der Waals surface area contributed by atoms with Gasteiger partial charge in [0.05, 0.1) is 19.1 Å². The van der Waals surface area contributed by atoms with Crippen LogP contribution in [0.5, 0.6) is 5.75 Å². The zero-order valence-electron chi connectivity index (χ0n) is 15.3. The Morgan fingerprint density at radius 2 is 1.78 bits per heavy atom. The van der Waals surface area contributed by atoms with Crippen molar-refractivity contribution in [3.63, 3.8) is 0 Å². The van der Waals surface area contributed by atoms with E-state index in [2.05, 4.69) is 5.32 Å². The predicted molar refractivity (Wildman–Crippen MR) is 100 cm³/mol. The van der Waals surface area contributed by atoms with E-state index >= 15 is 0 Å². The Hall–Kier alpha value is -2.89. The van der Waals surface area contributed by atoms with E-state index in [-0.39, 0.29) is 23.4 Å². The van der Waals surface area contributed by atoms with Crippen LogP contribution < -0.4 is 10.1 Å². The number of carbonyl (C=O) groups excluding carboxylic acids is 2. The number of halogens is 1. The summed E-state index contributed by atoms with van der Waals surface area (Å²) < 4.78 is 18.9. The smallest absolute Gasteiger partial charge is 0.256 e. The number of ether oxygens (including phenoxy) is 1. The van der Waals surface area contributed by atoms with E-state index < -0.39 is 5.82 Å². The second-order valence-corrected chi connectivity index (χ2v) is 6.64. The van der Waals surface area contributed by atoms with Gasteiger partial charge in [-0.1, -0.05) is 24.3 Å². The molecule has 2 amide bonds. The van der Waals surface area contributed by atoms with Crippen LogP contribution in [0.2, 0.25) is 0 Å². The number of likely N-dealkylation sites (tertiary alicyclic amines) is 1. The van der Waals surface area contributed by atoms with E-state index in [1.165, 1.54) is 12.1 Å². The molecule has 2 aromatic rings. The predicted octanol–water partition coefficient (Wildman–Crippen LogP) is 2.80. The van der Waals surface area contributed by atoms with Gasteiger partial charge in [-0.2, -0.15) is 0 Å². The number of nitrogens with one attached hydrogen (secondary N) is 1. The summed E-state index contributed by atoms with van der Waals surface area (Å²) in [5.74, 6) is -0.0846. The molecule has 1 saturated heterocycles. The van der Waals surface area contributed by atoms with Crippen LogP contribution in [0.25, 0.3) is 0 Å². The molecule has 1 N–H and O–H groups in total. The first-order valence-corrected chi connectivity index (χ1v) is 9.03. The van der Waals surface area contributed by atoms with Gasteiger partial charge in [-0.3, -0.25) is 9.59 Å². The number of amides is 2. The zero-order valence-corrected chi connectivity index (χ0v) is 15.3. The van der Waals surface area contributed by atoms with Gasteiger partial charge in [0.1, 0.15) is 11.6 Å². The van der Waals surface area contributed by atoms with Crippen molar-refractivity contribution in [1.29, 1.82) is 0 Å². The molecule has 0 aliphatic carbocycles. The fourth-order valence-electron chi connectivity index (χ4n) is 3.24. The van der Waals surface area contributed by atoms with Crippen LogP contribution in [0.3, 0.4) is 0 Å². The summed E-state index contributed by atoms with van der Waals surface area (Å²) in [4.78, 5) is 26.3. The molecule has 27 heavy (non-hydrogen) atoms. The van der Waals surface area contributed by atoms with Crippen molar-refractivity contribution in [3.8, 4) is 5.75 Å². The molecule has 3 rings (SSSR count). The van der Waals surface area contributed by atoms with E-state index in [0.717, 1.165) is 11.3 Å². The topological polar surface area (TPSA) is 58.6 Å². The maximum Gasteiger partial charge on any atom is 0.256 e. The van der Waals surface area contributed by atoms with Crippen molar-refractivity contribution < 1.29 is 18.7 Å². The lowest BCUT2D eigenvalue weighted by Gasteiger charge is -2.32. The molecule has 1 aliphatic rings. The number of methoxy groups -OCH3 is 1. The third-order valence-electron chi connectivity index (χ3n) is 4.78. The molecule has 0 aromatic heterocycles. The van der Waals surface area contributed by atoms with Crippen molar-refractivity contribution in [1.82, 2.24) is 10.2 Å². The van der Waals surface area contributed by atoms with Crippen molar-refractivity contribution >= 4 is 11.8 Å². The Morgan fingerprint density at radius 1 is 1.11 bits per heavy atom. The summed E-state index contributed by atoms with van der Waals surface area (Å²) in [7, 11) is 1.60. The minimum atomic E-state index is -0.502. The largest absolute Gasteiger partial charge is 0.497 e. The molecular formula is C21H23FN2O3. The van der Waals surface area contributed by atoms with Crippen LogP contribution in [-0.4, -0.2) is 43.0 Å². The zero-order chi connectivity index (χ0) is 19.2. The standard InChI is InChI=1S/C21H23FN2O3/c1-27-17-8-6-15(7-9-17)14-20(25)23-16-10-12-24(13-11-16)21(26)18-4-2-3-5-19(18)22/h2-9,16H,10-14H2,1H3,(H,23,25). The van der Waals surface area contributed by atoms with Gasteiger partial charge in [0.15, 0.2) is 0 Å². The molecular weight excluding hydrogens is 347 g/mol. The van der Waals surface area contributed by atoms with E-state index in [0.29, 0.717) is 32.4 Å². The first kappa shape index (κ1) is 18.9. The molecule has 1 fully saturated rings. The number of rotatable bonds is 5. The molecule has 5 nitrogen and oxygen atoms in total. The van der Waals surface area contributed by atoms with Crippen LogP contribution in [0.4, 0.5) is 4.39 Å².